The number of primary amides is 3. The highest BCUT2D eigenvalue weighted by atomic mass is 16.6. The number of fused-ring (bicyclic) bond motifs is 6. The summed E-state index contributed by atoms with van der Waals surface area (Å²) in [4.78, 5) is 128. The SMILES string of the molecule is CC(C)(C)OC(=O)CC[C@H](N)C(=O)Nc1cccc(COc2ccc3[nH]c(C(N)=O)cc3c2)c1.CC(C)(C)OC(=O)CC[C@H](NC(=O)OCC1c2ccccc2-c2ccccc21)C(=O)Nc1cccc(COc2ccc3[nH]c(C(N)=O)cc3c2)c1.CN[C@@H](CCC(=O)OC(C)(C)C)C(=O)O.NC(=O)c1cc2cc(OCc3cccc(N)c3)ccc2[nH]1. The lowest BCUT2D eigenvalue weighted by atomic mass is 9.98. The van der Waals surface area contributed by atoms with E-state index in [9.17, 15) is 47.9 Å². The molecule has 3 aromatic heterocycles. The summed E-state index contributed by atoms with van der Waals surface area (Å²) in [6.07, 6.45) is -0.290. The third-order valence-electron chi connectivity index (χ3n) is 18.3. The number of aromatic nitrogens is 3. The molecule has 0 spiro atoms. The molecule has 11 aromatic rings. The molecule has 6 amide bonds. The number of hydrogen-bond donors (Lipinski definition) is 13. The number of likely N-dealkylation sites (N-methyl/N-ethyl adjacent to an activating group) is 1. The lowest BCUT2D eigenvalue weighted by molar-refractivity contribution is -0.156. The maximum Gasteiger partial charge on any atom is 0.407 e. The van der Waals surface area contributed by atoms with Gasteiger partial charge in [0, 0.05) is 75.0 Å². The fourth-order valence-corrected chi connectivity index (χ4v) is 12.7. The average Bonchev–Trinajstić information content (AvgIpc) is 1.61. The quantitative estimate of drug-likeness (QED) is 0.0113. The first-order valence-electron chi connectivity index (χ1n) is 39.0. The minimum atomic E-state index is -1.09. The highest BCUT2D eigenvalue weighted by Gasteiger charge is 2.32. The van der Waals surface area contributed by atoms with E-state index in [0.29, 0.717) is 52.2 Å². The standard InChI is InChI=1S/C40H40N4O7.C25H30N4O5.C16H15N3O2.C10H19NO4/c1-40(2,3)51-36(45)18-17-34(44-39(48)50-23-32-30-13-6-4-11-28(30)29-12-5-7-14-31(29)32)38(47)42-26-10-8-9-24(19-26)22-49-27-15-16-33-25(20-27)21-35(43-33)37(41)46;1-25(2,3)34-22(30)10-8-19(26)24(32)28-17-6-4-5-15(11-17)14-33-18-7-9-20-16(12-18)13-21(29-20)23(27)31;17-12-3-1-2-10(6-12)9-21-13-4-5-14-11(7-13)8-15(19-14)16(18)20;1-10(2,3)15-8(12)6-5-7(11-4)9(13)14/h4-16,19-21,32,34,43H,17-18,22-23H2,1-3H3,(H2,41,46)(H,42,47)(H,44,48);4-7,9,11-13,19,29H,8,10,14,26H2,1-3H3,(H2,27,31)(H,28,32);1-8,19H,9,17H2,(H2,18,20);7,11H,5-6H2,1-4H3,(H,13,14)/t34-;19-;;7-/m00.0/s1. The number of nitrogens with one attached hydrogen (secondary N) is 7. The van der Waals surface area contributed by atoms with E-state index in [1.54, 1.807) is 148 Å². The number of esters is 3. The van der Waals surface area contributed by atoms with Gasteiger partial charge in [-0.05, 0) is 237 Å². The lowest BCUT2D eigenvalue weighted by Crippen LogP contribution is -2.44. The number of aromatic amines is 3. The van der Waals surface area contributed by atoms with Crippen LogP contribution in [0.1, 0.15) is 166 Å². The molecule has 30 nitrogen and oxygen atoms in total. The number of alkyl carbamates (subject to hydrolysis) is 1. The van der Waals surface area contributed by atoms with Crippen LogP contribution in [0.5, 0.6) is 17.2 Å². The summed E-state index contributed by atoms with van der Waals surface area (Å²) < 4.78 is 39.0. The number of anilines is 3. The number of aliphatic carboxylic acids is 1. The molecule has 0 bridgehead atoms. The highest BCUT2D eigenvalue weighted by molar-refractivity contribution is 6.00. The van der Waals surface area contributed by atoms with Crippen molar-refractivity contribution in [3.63, 3.8) is 0 Å². The molecule has 0 aliphatic heterocycles. The third kappa shape index (κ3) is 28.4. The van der Waals surface area contributed by atoms with Gasteiger partial charge in [-0.15, -0.1) is 0 Å². The minimum absolute atomic E-state index is 0.00710. The molecule has 8 aromatic carbocycles. The zero-order chi connectivity index (χ0) is 87.9. The predicted molar refractivity (Wildman–Crippen MR) is 460 cm³/mol. The summed E-state index contributed by atoms with van der Waals surface area (Å²) in [5.41, 5.74) is 38.0. The first-order valence-corrected chi connectivity index (χ1v) is 39.0. The van der Waals surface area contributed by atoms with Crippen LogP contribution in [-0.2, 0) is 67.5 Å². The molecule has 12 rings (SSSR count). The van der Waals surface area contributed by atoms with Crippen LogP contribution in [0.2, 0.25) is 0 Å². The number of H-pyrrole nitrogens is 3. The summed E-state index contributed by atoms with van der Waals surface area (Å²) in [5.74, 6) is -2.88. The zero-order valence-corrected chi connectivity index (χ0v) is 69.1. The van der Waals surface area contributed by atoms with Crippen molar-refractivity contribution in [3.8, 4) is 28.4 Å². The van der Waals surface area contributed by atoms with Gasteiger partial charge in [0.25, 0.3) is 17.7 Å². The maximum atomic E-state index is 13.6. The van der Waals surface area contributed by atoms with Gasteiger partial charge < -0.3 is 103 Å². The highest BCUT2D eigenvalue weighted by Crippen LogP contribution is 2.45. The van der Waals surface area contributed by atoms with Crippen molar-refractivity contribution < 1.29 is 86.2 Å². The Morgan fingerprint density at radius 3 is 1.19 bits per heavy atom. The Balaban J connectivity index is 0.000000203. The van der Waals surface area contributed by atoms with E-state index in [1.807, 2.05) is 103 Å². The molecule has 0 radical (unpaired) electrons. The summed E-state index contributed by atoms with van der Waals surface area (Å²) in [6, 6.07) is 56.7. The van der Waals surface area contributed by atoms with E-state index in [2.05, 4.69) is 48.4 Å². The average molecular weight is 1650 g/mol. The van der Waals surface area contributed by atoms with Gasteiger partial charge >= 0.3 is 30.0 Å². The topological polar surface area (TPSA) is 481 Å². The van der Waals surface area contributed by atoms with E-state index in [0.717, 1.165) is 77.4 Å². The molecule has 3 atom stereocenters. The number of rotatable bonds is 30. The lowest BCUT2D eigenvalue weighted by Gasteiger charge is -2.22. The Hall–Kier alpha value is -14.0. The molecule has 1 aliphatic carbocycles. The second-order valence-electron chi connectivity index (χ2n) is 31.6. The van der Waals surface area contributed by atoms with Crippen molar-refractivity contribution in [1.82, 2.24) is 25.6 Å². The van der Waals surface area contributed by atoms with Crippen molar-refractivity contribution in [2.45, 2.75) is 162 Å². The van der Waals surface area contributed by atoms with Crippen molar-refractivity contribution >= 4 is 109 Å². The Labute approximate surface area is 699 Å². The van der Waals surface area contributed by atoms with E-state index >= 15 is 0 Å². The number of carbonyl (C=O) groups is 10. The first-order chi connectivity index (χ1) is 57.3. The van der Waals surface area contributed by atoms with Crippen molar-refractivity contribution in [2.75, 3.05) is 30.0 Å². The van der Waals surface area contributed by atoms with Crippen LogP contribution in [0, 0.1) is 0 Å². The fraction of sp³-hybridized carbons (Fsp3) is 0.297. The van der Waals surface area contributed by atoms with E-state index in [4.69, 9.17) is 66.9 Å². The monoisotopic (exact) mass is 1650 g/mol. The summed E-state index contributed by atoms with van der Waals surface area (Å²) in [7, 11) is 1.55. The van der Waals surface area contributed by atoms with Crippen LogP contribution in [0.3, 0.4) is 0 Å². The van der Waals surface area contributed by atoms with Gasteiger partial charge in [-0.2, -0.15) is 0 Å². The molecule has 30 heteroatoms. The Morgan fingerprint density at radius 2 is 0.810 bits per heavy atom. The van der Waals surface area contributed by atoms with Gasteiger partial charge in [-0.1, -0.05) is 84.9 Å². The number of carboxylic acids is 1. The third-order valence-corrected chi connectivity index (χ3v) is 18.3. The van der Waals surface area contributed by atoms with Crippen LogP contribution in [-0.4, -0.2) is 128 Å². The van der Waals surface area contributed by atoms with Crippen LogP contribution >= 0.6 is 0 Å². The van der Waals surface area contributed by atoms with Gasteiger partial charge in [0.1, 0.15) is 89.6 Å². The zero-order valence-electron chi connectivity index (χ0n) is 69.1. The fourth-order valence-electron chi connectivity index (χ4n) is 12.7. The molecule has 121 heavy (non-hydrogen) atoms. The van der Waals surface area contributed by atoms with Gasteiger partial charge in [-0.3, -0.25) is 43.2 Å². The number of nitrogens with two attached hydrogens (primary N) is 5. The maximum absolute atomic E-state index is 13.6. The van der Waals surface area contributed by atoms with Crippen LogP contribution in [0.4, 0.5) is 21.9 Å². The molecule has 3 heterocycles. The minimum Gasteiger partial charge on any atom is -0.489 e. The Morgan fingerprint density at radius 1 is 0.438 bits per heavy atom. The summed E-state index contributed by atoms with van der Waals surface area (Å²) in [5, 5.41) is 22.1. The molecular weight excluding hydrogens is 1550 g/mol. The molecule has 0 saturated carbocycles. The smallest absolute Gasteiger partial charge is 0.407 e. The second-order valence-corrected chi connectivity index (χ2v) is 31.6. The number of carbonyl (C=O) groups excluding carboxylic acids is 9. The molecular formula is C91H104N12O18. The number of ether oxygens (including phenoxy) is 7. The van der Waals surface area contributed by atoms with Crippen molar-refractivity contribution in [3.05, 3.63) is 239 Å². The number of amides is 6. The molecule has 636 valence electrons. The van der Waals surface area contributed by atoms with E-state index in [-0.39, 0.29) is 76.1 Å². The predicted octanol–water partition coefficient (Wildman–Crippen LogP) is 13.3. The van der Waals surface area contributed by atoms with Gasteiger partial charge in [-0.25, -0.2) is 4.79 Å². The number of nitrogen functional groups attached to an aromatic ring is 1. The number of hydrogen-bond acceptors (Lipinski definition) is 20. The number of benzene rings is 8. The van der Waals surface area contributed by atoms with Crippen molar-refractivity contribution in [2.24, 2.45) is 22.9 Å². The molecule has 0 fully saturated rings. The van der Waals surface area contributed by atoms with Crippen LogP contribution in [0.25, 0.3) is 43.8 Å². The second kappa shape index (κ2) is 41.4. The largest absolute Gasteiger partial charge is 0.489 e. The first kappa shape index (κ1) is 90.9. The van der Waals surface area contributed by atoms with E-state index in [1.165, 1.54) is 0 Å². The summed E-state index contributed by atoms with van der Waals surface area (Å²) >= 11 is 0. The van der Waals surface area contributed by atoms with Gasteiger partial charge in [0.2, 0.25) is 11.8 Å². The van der Waals surface area contributed by atoms with Crippen LogP contribution in [0.15, 0.2) is 194 Å². The molecule has 18 N–H and O–H groups in total. The van der Waals surface area contributed by atoms with Crippen molar-refractivity contribution in [1.29, 1.82) is 0 Å². The van der Waals surface area contributed by atoms with Gasteiger partial charge in [0.05, 0.1) is 6.04 Å². The number of carboxylic acid groups (broad SMARTS) is 1. The Kier molecular flexibility index (Phi) is 31.1. The van der Waals surface area contributed by atoms with Gasteiger partial charge in [0.15, 0.2) is 0 Å². The molecule has 0 unspecified atom stereocenters. The normalized spacial score (nSPS) is 12.3. The molecule has 0 saturated heterocycles. The molecule has 1 aliphatic rings. The summed E-state index contributed by atoms with van der Waals surface area (Å²) in [6.45, 7) is 16.9. The van der Waals surface area contributed by atoms with E-state index < -0.39 is 82.6 Å². The van der Waals surface area contributed by atoms with Crippen LogP contribution < -0.4 is 64.1 Å². The Bertz CT molecular complexity index is 5490.